The van der Waals surface area contributed by atoms with E-state index in [2.05, 4.69) is 16.7 Å². The molecule has 7 aliphatic rings. The number of nitrogens with one attached hydrogen (secondary N) is 2. The summed E-state index contributed by atoms with van der Waals surface area (Å²) < 4.78 is 5.23. The molecule has 6 nitrogen and oxygen atoms in total. The van der Waals surface area contributed by atoms with E-state index in [1.165, 1.54) is 7.11 Å². The highest BCUT2D eigenvalue weighted by atomic mass is 16.5. The maximum atomic E-state index is 13.9. The van der Waals surface area contributed by atoms with Gasteiger partial charge in [0.1, 0.15) is 0 Å². The molecular formula is C29H30N2O4. The number of hydrogen-bond acceptors (Lipinski definition) is 5. The van der Waals surface area contributed by atoms with Crippen molar-refractivity contribution in [3.63, 3.8) is 0 Å². The molecule has 1 aliphatic heterocycles. The van der Waals surface area contributed by atoms with Gasteiger partial charge in [0.25, 0.3) is 0 Å². The molecule has 0 unspecified atom stereocenters. The number of aliphatic hydroxyl groups excluding tert-OH is 1. The SMILES string of the molecule is COC(=O)c1cc(-c2ccccc2)cc(NC(=O)C23C4C5C2C2C3C4C52CO)c1C1CCNCC1. The minimum atomic E-state index is -0.354. The number of amides is 1. The highest BCUT2D eigenvalue weighted by Gasteiger charge is 3.11. The molecule has 2 aromatic rings. The summed E-state index contributed by atoms with van der Waals surface area (Å²) in [6.07, 6.45) is 1.84. The van der Waals surface area contributed by atoms with E-state index in [-0.39, 0.29) is 28.6 Å². The average molecular weight is 471 g/mol. The van der Waals surface area contributed by atoms with Gasteiger partial charge in [0.2, 0.25) is 5.91 Å². The van der Waals surface area contributed by atoms with Crippen LogP contribution in [0.3, 0.4) is 0 Å². The van der Waals surface area contributed by atoms with Crippen molar-refractivity contribution >= 4 is 17.6 Å². The Kier molecular flexibility index (Phi) is 3.83. The lowest BCUT2D eigenvalue weighted by Crippen LogP contribution is -3.11. The van der Waals surface area contributed by atoms with Crippen molar-refractivity contribution in [3.8, 4) is 11.1 Å². The minimum absolute atomic E-state index is 0.142. The smallest absolute Gasteiger partial charge is 0.338 e. The first-order chi connectivity index (χ1) is 17.1. The Bertz CT molecular complexity index is 1230. The largest absolute Gasteiger partial charge is 0.465 e. The first kappa shape index (κ1) is 20.5. The van der Waals surface area contributed by atoms with Crippen LogP contribution in [-0.4, -0.2) is 43.8 Å². The number of rotatable bonds is 6. The fourth-order valence-corrected chi connectivity index (χ4v) is 10.1. The highest BCUT2D eigenvalue weighted by Crippen LogP contribution is 3.10. The highest BCUT2D eigenvalue weighted by molar-refractivity contribution is 6.04. The molecule has 6 aliphatic carbocycles. The van der Waals surface area contributed by atoms with Crippen molar-refractivity contribution in [1.82, 2.24) is 5.32 Å². The maximum absolute atomic E-state index is 13.9. The Morgan fingerprint density at radius 3 is 2.26 bits per heavy atom. The van der Waals surface area contributed by atoms with Crippen molar-refractivity contribution < 1.29 is 19.4 Å². The molecule has 1 amide bonds. The molecule has 6 heteroatoms. The molecule has 9 rings (SSSR count). The molecule has 0 spiro atoms. The van der Waals surface area contributed by atoms with Gasteiger partial charge in [-0.3, -0.25) is 4.79 Å². The normalized spacial score (nSPS) is 40.7. The van der Waals surface area contributed by atoms with Crippen molar-refractivity contribution in [2.24, 2.45) is 46.3 Å². The van der Waals surface area contributed by atoms with Gasteiger partial charge in [0, 0.05) is 17.7 Å². The number of carbonyl (C=O) groups excluding carboxylic acids is 2. The van der Waals surface area contributed by atoms with Crippen LogP contribution >= 0.6 is 0 Å². The van der Waals surface area contributed by atoms with Crippen molar-refractivity contribution in [2.45, 2.75) is 18.8 Å². The molecular weight excluding hydrogens is 440 g/mol. The lowest BCUT2D eigenvalue weighted by atomic mass is 8.92. The van der Waals surface area contributed by atoms with Gasteiger partial charge in [-0.2, -0.15) is 0 Å². The van der Waals surface area contributed by atoms with E-state index in [4.69, 9.17) is 4.74 Å². The van der Waals surface area contributed by atoms with Crippen LogP contribution in [0.2, 0.25) is 0 Å². The Labute approximate surface area is 204 Å². The molecule has 6 saturated carbocycles. The summed E-state index contributed by atoms with van der Waals surface area (Å²) in [5, 5.41) is 16.7. The molecule has 2 aromatic carbocycles. The number of anilines is 1. The molecule has 1 saturated heterocycles. The van der Waals surface area contributed by atoms with Crippen LogP contribution in [0.15, 0.2) is 42.5 Å². The molecule has 180 valence electrons. The molecule has 7 fully saturated rings. The summed E-state index contributed by atoms with van der Waals surface area (Å²) in [4.78, 5) is 27.0. The number of ether oxygens (including phenoxy) is 1. The van der Waals surface area contributed by atoms with Gasteiger partial charge in [-0.15, -0.1) is 0 Å². The first-order valence-electron chi connectivity index (χ1n) is 13.1. The predicted molar refractivity (Wildman–Crippen MR) is 130 cm³/mol. The summed E-state index contributed by atoms with van der Waals surface area (Å²) in [6, 6.07) is 14.0. The zero-order valence-corrected chi connectivity index (χ0v) is 19.8. The number of piperidine rings is 1. The van der Waals surface area contributed by atoms with Gasteiger partial charge >= 0.3 is 5.97 Å². The molecule has 3 N–H and O–H groups in total. The van der Waals surface area contributed by atoms with Crippen LogP contribution < -0.4 is 10.6 Å². The van der Waals surface area contributed by atoms with Crippen LogP contribution in [0.1, 0.15) is 34.7 Å². The van der Waals surface area contributed by atoms with Crippen LogP contribution in [0, 0.1) is 46.3 Å². The van der Waals surface area contributed by atoms with Crippen molar-refractivity contribution in [3.05, 3.63) is 53.6 Å². The second-order valence-corrected chi connectivity index (χ2v) is 11.7. The van der Waals surface area contributed by atoms with Gasteiger partial charge in [0.05, 0.1) is 18.1 Å². The number of esters is 1. The Morgan fingerprint density at radius 1 is 1.00 bits per heavy atom. The predicted octanol–water partition coefficient (Wildman–Crippen LogP) is 3.28. The number of hydrogen-bond donors (Lipinski definition) is 3. The monoisotopic (exact) mass is 470 g/mol. The van der Waals surface area contributed by atoms with E-state index in [0.717, 1.165) is 48.3 Å². The summed E-state index contributed by atoms with van der Waals surface area (Å²) in [5.74, 6) is 3.09. The number of carbonyl (C=O) groups is 2. The van der Waals surface area contributed by atoms with Crippen molar-refractivity contribution in [1.29, 1.82) is 0 Å². The zero-order valence-electron chi connectivity index (χ0n) is 19.8. The number of benzene rings is 2. The van der Waals surface area contributed by atoms with Gasteiger partial charge < -0.3 is 20.5 Å². The third-order valence-electron chi connectivity index (χ3n) is 11.2. The fraction of sp³-hybridized carbons (Fsp3) is 0.517. The average Bonchev–Trinajstić information content (AvgIpc) is 2.92. The second-order valence-electron chi connectivity index (χ2n) is 11.7. The first-order valence-corrected chi connectivity index (χ1v) is 13.1. The summed E-state index contributed by atoms with van der Waals surface area (Å²) >= 11 is 0. The van der Waals surface area contributed by atoms with E-state index in [1.807, 2.05) is 36.4 Å². The lowest BCUT2D eigenvalue weighted by Gasteiger charge is -3.10. The van der Waals surface area contributed by atoms with Gasteiger partial charge in [0.15, 0.2) is 0 Å². The number of methoxy groups -OCH3 is 1. The lowest BCUT2D eigenvalue weighted by molar-refractivity contribution is -0.643. The van der Waals surface area contributed by atoms with Gasteiger partial charge in [-0.1, -0.05) is 30.3 Å². The molecule has 0 aromatic heterocycles. The van der Waals surface area contributed by atoms with E-state index in [0.29, 0.717) is 47.7 Å². The molecule has 0 bridgehead atoms. The maximum Gasteiger partial charge on any atom is 0.338 e. The Hall–Kier alpha value is -2.70. The van der Waals surface area contributed by atoms with Gasteiger partial charge in [-0.05, 0) is 96.2 Å². The summed E-state index contributed by atoms with van der Waals surface area (Å²) in [5.41, 5.74) is 4.15. The van der Waals surface area contributed by atoms with E-state index in [1.54, 1.807) is 0 Å². The Morgan fingerprint density at radius 2 is 1.66 bits per heavy atom. The quantitative estimate of drug-likeness (QED) is 0.564. The van der Waals surface area contributed by atoms with E-state index >= 15 is 0 Å². The standard InChI is InChI=1S/C29H30N2O4/c1-35-26(33)17-11-16(14-5-3-2-4-6-14)12-18(19(17)15-7-9-30-10-8-15)31-27(34)29-23-20-24(29)22-25(29)21(23)28(20,22)13-32/h2-6,11-12,15,20-25,30,32H,7-10,13H2,1H3,(H,31,34). The van der Waals surface area contributed by atoms with Crippen LogP contribution in [0.25, 0.3) is 11.1 Å². The second kappa shape index (κ2) is 6.54. The fourth-order valence-electron chi connectivity index (χ4n) is 10.1. The van der Waals surface area contributed by atoms with Crippen LogP contribution in [0.4, 0.5) is 5.69 Å². The minimum Gasteiger partial charge on any atom is -0.465 e. The third kappa shape index (κ3) is 1.99. The summed E-state index contributed by atoms with van der Waals surface area (Å²) in [7, 11) is 1.42. The van der Waals surface area contributed by atoms with Crippen LogP contribution in [0.5, 0.6) is 0 Å². The van der Waals surface area contributed by atoms with Crippen molar-refractivity contribution in [2.75, 3.05) is 32.1 Å². The van der Waals surface area contributed by atoms with Crippen LogP contribution in [-0.2, 0) is 9.53 Å². The summed E-state index contributed by atoms with van der Waals surface area (Å²) in [6.45, 7) is 2.09. The molecule has 0 atom stereocenters. The third-order valence-corrected chi connectivity index (χ3v) is 11.2. The molecule has 0 radical (unpaired) electrons. The van der Waals surface area contributed by atoms with Gasteiger partial charge in [-0.25, -0.2) is 4.79 Å². The van der Waals surface area contributed by atoms with E-state index < -0.39 is 0 Å². The topological polar surface area (TPSA) is 87.7 Å². The molecule has 1 heterocycles. The van der Waals surface area contributed by atoms with E-state index in [9.17, 15) is 14.7 Å². The molecule has 35 heavy (non-hydrogen) atoms. The zero-order chi connectivity index (χ0) is 23.7. The Balaban J connectivity index is 1.20. The number of aliphatic hydroxyl groups is 1.